The average Bonchev–Trinajstić information content (AvgIpc) is 3.13. The maximum Gasteiger partial charge on any atom is 0.426 e. The van der Waals surface area contributed by atoms with Gasteiger partial charge < -0.3 is 10.1 Å². The summed E-state index contributed by atoms with van der Waals surface area (Å²) in [5.41, 5.74) is 2.62. The fourth-order valence-electron chi connectivity index (χ4n) is 2.62. The Labute approximate surface area is 185 Å². The number of fused-ring (bicyclic) bond motifs is 1. The number of nitrogens with one attached hydrogen (secondary N) is 3. The molecule has 10 nitrogen and oxygen atoms in total. The van der Waals surface area contributed by atoms with Gasteiger partial charge in [-0.2, -0.15) is 18.3 Å². The van der Waals surface area contributed by atoms with E-state index >= 15 is 0 Å². The van der Waals surface area contributed by atoms with E-state index in [-0.39, 0.29) is 22.5 Å². The van der Waals surface area contributed by atoms with E-state index < -0.39 is 35.2 Å². The van der Waals surface area contributed by atoms with Crippen molar-refractivity contribution in [3.63, 3.8) is 0 Å². The molecule has 174 valence electrons. The third-order valence-corrected chi connectivity index (χ3v) is 3.99. The molecule has 0 radical (unpaired) electrons. The molecule has 13 heteroatoms. The fourth-order valence-corrected chi connectivity index (χ4v) is 2.62. The number of benzene rings is 1. The molecule has 0 atom stereocenters. The Kier molecular flexibility index (Phi) is 6.24. The van der Waals surface area contributed by atoms with Crippen LogP contribution in [0.1, 0.15) is 47.1 Å². The van der Waals surface area contributed by atoms with Crippen LogP contribution in [-0.4, -0.2) is 38.1 Å². The first kappa shape index (κ1) is 23.5. The molecule has 0 aliphatic heterocycles. The van der Waals surface area contributed by atoms with Gasteiger partial charge in [0.2, 0.25) is 0 Å². The lowest BCUT2D eigenvalue weighted by molar-refractivity contribution is -0.137. The quantitative estimate of drug-likeness (QED) is 0.511. The number of carbonyl (C=O) groups is 3. The Morgan fingerprint density at radius 2 is 1.76 bits per heavy atom. The normalized spacial score (nSPS) is 11.7. The number of carbonyl (C=O) groups excluding carboxylic acids is 3. The third-order valence-electron chi connectivity index (χ3n) is 3.99. The van der Waals surface area contributed by atoms with Crippen molar-refractivity contribution in [3.8, 4) is 0 Å². The zero-order valence-corrected chi connectivity index (χ0v) is 17.6. The molecule has 3 rings (SSSR count). The van der Waals surface area contributed by atoms with Crippen molar-refractivity contribution < 1.29 is 32.3 Å². The van der Waals surface area contributed by atoms with Crippen LogP contribution in [0.2, 0.25) is 0 Å². The number of aromatic nitrogens is 3. The monoisotopic (exact) mass is 464 g/mol. The topological polar surface area (TPSA) is 127 Å². The number of anilines is 1. The number of nitrogens with zero attached hydrogens (tertiary/aromatic N) is 3. The minimum atomic E-state index is -4.58. The third kappa shape index (κ3) is 5.96. The zero-order valence-electron chi connectivity index (χ0n) is 17.6. The van der Waals surface area contributed by atoms with Crippen LogP contribution in [0, 0.1) is 0 Å². The molecular formula is C20H19F3N6O4. The van der Waals surface area contributed by atoms with Crippen LogP contribution < -0.4 is 16.2 Å². The van der Waals surface area contributed by atoms with Gasteiger partial charge in [0.25, 0.3) is 11.8 Å². The summed E-state index contributed by atoms with van der Waals surface area (Å²) in [6, 6.07) is 3.96. The SMILES string of the molecule is CC(C)(C)OC(=O)NNC(=O)c1cnn2cc(NC(=O)c3cccc(C(F)(F)F)c3)cnc12. The van der Waals surface area contributed by atoms with E-state index in [0.717, 1.165) is 18.2 Å². The Morgan fingerprint density at radius 1 is 1.03 bits per heavy atom. The summed E-state index contributed by atoms with van der Waals surface area (Å²) < 4.78 is 44.8. The lowest BCUT2D eigenvalue weighted by Crippen LogP contribution is -2.44. The average molecular weight is 464 g/mol. The maximum absolute atomic E-state index is 12.9. The summed E-state index contributed by atoms with van der Waals surface area (Å²) in [5.74, 6) is -1.50. The lowest BCUT2D eigenvalue weighted by Gasteiger charge is -2.19. The van der Waals surface area contributed by atoms with Gasteiger partial charge in [0, 0.05) is 5.56 Å². The molecule has 0 unspecified atom stereocenters. The van der Waals surface area contributed by atoms with Crippen LogP contribution in [0.25, 0.3) is 5.65 Å². The van der Waals surface area contributed by atoms with Crippen molar-refractivity contribution in [2.75, 3.05) is 5.32 Å². The van der Waals surface area contributed by atoms with E-state index in [0.29, 0.717) is 0 Å². The maximum atomic E-state index is 12.9. The molecule has 33 heavy (non-hydrogen) atoms. The van der Waals surface area contributed by atoms with Gasteiger partial charge in [-0.3, -0.25) is 15.0 Å². The minimum absolute atomic E-state index is 0.0156. The van der Waals surface area contributed by atoms with Crippen molar-refractivity contribution in [2.45, 2.75) is 32.5 Å². The lowest BCUT2D eigenvalue weighted by atomic mass is 10.1. The smallest absolute Gasteiger partial charge is 0.426 e. The molecule has 0 spiro atoms. The molecule has 0 fully saturated rings. The van der Waals surface area contributed by atoms with Gasteiger partial charge in [-0.05, 0) is 39.0 Å². The number of amides is 3. The second-order valence-electron chi connectivity index (χ2n) is 7.78. The van der Waals surface area contributed by atoms with E-state index in [4.69, 9.17) is 4.74 Å². The molecule has 0 saturated carbocycles. The van der Waals surface area contributed by atoms with Crippen LogP contribution in [0.3, 0.4) is 0 Å². The van der Waals surface area contributed by atoms with Gasteiger partial charge in [0.1, 0.15) is 11.2 Å². The van der Waals surface area contributed by atoms with Crippen LogP contribution in [0.5, 0.6) is 0 Å². The van der Waals surface area contributed by atoms with Gasteiger partial charge >= 0.3 is 12.3 Å². The predicted molar refractivity (Wildman–Crippen MR) is 109 cm³/mol. The summed E-state index contributed by atoms with van der Waals surface area (Å²) in [5, 5.41) is 6.39. The van der Waals surface area contributed by atoms with Gasteiger partial charge in [0.15, 0.2) is 5.65 Å². The molecule has 0 bridgehead atoms. The first-order chi connectivity index (χ1) is 15.3. The fraction of sp³-hybridized carbons (Fsp3) is 0.250. The largest absolute Gasteiger partial charge is 0.443 e. The van der Waals surface area contributed by atoms with E-state index in [1.54, 1.807) is 20.8 Å². The zero-order chi connectivity index (χ0) is 24.4. The number of halogens is 3. The molecular weight excluding hydrogens is 445 g/mol. The van der Waals surface area contributed by atoms with Crippen molar-refractivity contribution in [1.29, 1.82) is 0 Å². The Bertz CT molecular complexity index is 1220. The molecule has 0 aliphatic carbocycles. The highest BCUT2D eigenvalue weighted by Gasteiger charge is 2.31. The van der Waals surface area contributed by atoms with Gasteiger partial charge in [0.05, 0.1) is 29.8 Å². The number of hydrazine groups is 1. The van der Waals surface area contributed by atoms with Crippen molar-refractivity contribution in [1.82, 2.24) is 25.4 Å². The summed E-state index contributed by atoms with van der Waals surface area (Å²) in [4.78, 5) is 40.4. The number of hydrogen-bond acceptors (Lipinski definition) is 6. The van der Waals surface area contributed by atoms with Crippen molar-refractivity contribution in [3.05, 3.63) is 59.5 Å². The van der Waals surface area contributed by atoms with E-state index in [1.165, 1.54) is 29.2 Å². The molecule has 3 amide bonds. The molecule has 2 heterocycles. The highest BCUT2D eigenvalue weighted by molar-refractivity contribution is 6.04. The van der Waals surface area contributed by atoms with Crippen LogP contribution in [-0.2, 0) is 10.9 Å². The number of hydrogen-bond donors (Lipinski definition) is 3. The summed E-state index contributed by atoms with van der Waals surface area (Å²) >= 11 is 0. The first-order valence-electron chi connectivity index (χ1n) is 9.45. The molecule has 3 N–H and O–H groups in total. The Hall–Kier alpha value is -4.16. The van der Waals surface area contributed by atoms with Crippen molar-refractivity contribution in [2.24, 2.45) is 0 Å². The number of rotatable bonds is 3. The molecule has 3 aromatic rings. The molecule has 2 aromatic heterocycles. The van der Waals surface area contributed by atoms with Crippen LogP contribution >= 0.6 is 0 Å². The summed E-state index contributed by atoms with van der Waals surface area (Å²) in [6.45, 7) is 4.98. The molecule has 1 aromatic carbocycles. The van der Waals surface area contributed by atoms with Crippen LogP contribution in [0.15, 0.2) is 42.9 Å². The van der Waals surface area contributed by atoms with E-state index in [9.17, 15) is 27.6 Å². The molecule has 0 saturated heterocycles. The van der Waals surface area contributed by atoms with Crippen molar-refractivity contribution >= 4 is 29.2 Å². The minimum Gasteiger partial charge on any atom is -0.443 e. The van der Waals surface area contributed by atoms with E-state index in [1.807, 2.05) is 0 Å². The second-order valence-corrected chi connectivity index (χ2v) is 7.78. The van der Waals surface area contributed by atoms with Crippen LogP contribution in [0.4, 0.5) is 23.7 Å². The number of ether oxygens (including phenoxy) is 1. The van der Waals surface area contributed by atoms with E-state index in [2.05, 4.69) is 26.3 Å². The summed E-state index contributed by atoms with van der Waals surface area (Å²) in [6.07, 6.45) is -1.72. The van der Waals surface area contributed by atoms with Gasteiger partial charge in [-0.15, -0.1) is 0 Å². The Morgan fingerprint density at radius 3 is 2.42 bits per heavy atom. The second kappa shape index (κ2) is 8.76. The first-order valence-corrected chi connectivity index (χ1v) is 9.45. The Balaban J connectivity index is 1.70. The van der Waals surface area contributed by atoms with Gasteiger partial charge in [-0.1, -0.05) is 6.07 Å². The highest BCUT2D eigenvalue weighted by atomic mass is 19.4. The standard InChI is InChI=1S/C20H19F3N6O4/c1-19(2,3)33-18(32)28-27-17(31)14-9-25-29-10-13(8-24-15(14)29)26-16(30)11-5-4-6-12(7-11)20(21,22)23/h4-10H,1-3H3,(H,26,30)(H,27,31)(H,28,32). The highest BCUT2D eigenvalue weighted by Crippen LogP contribution is 2.29. The number of alkyl halides is 3. The van der Waals surface area contributed by atoms with Gasteiger partial charge in [-0.25, -0.2) is 19.7 Å². The predicted octanol–water partition coefficient (Wildman–Crippen LogP) is 3.17. The molecule has 0 aliphatic rings. The summed E-state index contributed by atoms with van der Waals surface area (Å²) in [7, 11) is 0.